The van der Waals surface area contributed by atoms with Gasteiger partial charge in [-0.2, -0.15) is 11.5 Å². The molecule has 0 radical (unpaired) electrons. The summed E-state index contributed by atoms with van der Waals surface area (Å²) >= 11 is 6.43. The highest BCUT2D eigenvalue weighted by Gasteiger charge is 2.50. The van der Waals surface area contributed by atoms with Crippen LogP contribution in [0.3, 0.4) is 0 Å². The molecular weight excluding hydrogens is 222 g/mol. The third kappa shape index (κ3) is 2.42. The van der Waals surface area contributed by atoms with E-state index >= 15 is 0 Å². The molecule has 0 N–H and O–H groups in total. The molecule has 0 unspecified atom stereocenters. The first-order chi connectivity index (χ1) is 7.29. The summed E-state index contributed by atoms with van der Waals surface area (Å²) in [4.78, 5) is 4.33. The van der Waals surface area contributed by atoms with Crippen LogP contribution < -0.4 is 0 Å². The Hall–Kier alpha value is 0.285. The summed E-state index contributed by atoms with van der Waals surface area (Å²) in [6.45, 7) is 0. The zero-order chi connectivity index (χ0) is 12.6. The monoisotopic (exact) mass is 243 g/mol. The minimum atomic E-state index is -0.101. The largest absolute Gasteiger partial charge is 0.400 e. The fraction of sp³-hybridized carbons (Fsp3) is 1.00. The fourth-order valence-electron chi connectivity index (χ4n) is 2.66. The summed E-state index contributed by atoms with van der Waals surface area (Å²) in [5, 5.41) is 0. The Bertz CT molecular complexity index is 222. The molecule has 0 aromatic heterocycles. The van der Waals surface area contributed by atoms with Gasteiger partial charge in [-0.1, -0.05) is 0 Å². The lowest BCUT2D eigenvalue weighted by Crippen LogP contribution is -2.79. The van der Waals surface area contributed by atoms with E-state index in [0.717, 1.165) is 0 Å². The molecule has 1 saturated heterocycles. The number of nitrogens with zero attached hydrogens (tertiary/aromatic N) is 5. The van der Waals surface area contributed by atoms with Crippen molar-refractivity contribution >= 4 is 32.1 Å². The average molecular weight is 243 g/mol. The zero-order valence-electron chi connectivity index (χ0n) is 11.3. The van der Waals surface area contributed by atoms with Crippen LogP contribution in [0.2, 0.25) is 0 Å². The van der Waals surface area contributed by atoms with Crippen LogP contribution in [0, 0.1) is 0 Å². The highest BCUT2D eigenvalue weighted by Crippen LogP contribution is 2.19. The summed E-state index contributed by atoms with van der Waals surface area (Å²) in [5.41, 5.74) is 0. The normalized spacial score (nSPS) is 21.8. The Morgan fingerprint density at radius 3 is 1.31 bits per heavy atom. The van der Waals surface area contributed by atoms with E-state index < -0.39 is 0 Å². The van der Waals surface area contributed by atoms with Gasteiger partial charge in [-0.15, -0.1) is 0 Å². The SMILES string of the molecule is CN(C)B1N(C)B(Cl)N(C)B(N(C)C)N1C. The Kier molecular flexibility index (Phi) is 4.74. The van der Waals surface area contributed by atoms with Gasteiger partial charge in [-0.3, -0.25) is 0 Å². The maximum absolute atomic E-state index is 6.43. The molecule has 0 atom stereocenters. The summed E-state index contributed by atoms with van der Waals surface area (Å²) in [6, 6.07) is 0. The van der Waals surface area contributed by atoms with Gasteiger partial charge >= 0.3 is 20.6 Å². The molecule has 1 aliphatic rings. The van der Waals surface area contributed by atoms with E-state index in [1.165, 1.54) is 0 Å². The van der Waals surface area contributed by atoms with E-state index in [2.05, 4.69) is 59.0 Å². The third-order valence-electron chi connectivity index (χ3n) is 3.05. The first-order valence-corrected chi connectivity index (χ1v) is 5.85. The van der Waals surface area contributed by atoms with Crippen molar-refractivity contribution in [1.82, 2.24) is 23.8 Å². The van der Waals surface area contributed by atoms with E-state index in [4.69, 9.17) is 11.5 Å². The molecule has 90 valence electrons. The second-order valence-corrected chi connectivity index (χ2v) is 5.32. The number of hydrogen-bond donors (Lipinski definition) is 0. The zero-order valence-corrected chi connectivity index (χ0v) is 12.1. The van der Waals surface area contributed by atoms with Crippen molar-refractivity contribution in [1.29, 1.82) is 0 Å². The molecule has 0 aromatic carbocycles. The van der Waals surface area contributed by atoms with Crippen LogP contribution in [-0.4, -0.2) is 93.8 Å². The minimum Gasteiger partial charge on any atom is -0.331 e. The van der Waals surface area contributed by atoms with Gasteiger partial charge in [0.25, 0.3) is 0 Å². The first kappa shape index (κ1) is 14.3. The summed E-state index contributed by atoms with van der Waals surface area (Å²) in [5.74, 6) is 0. The lowest BCUT2D eigenvalue weighted by molar-refractivity contribution is 0.410. The lowest BCUT2D eigenvalue weighted by atomic mass is 9.60. The molecule has 1 aliphatic heterocycles. The smallest absolute Gasteiger partial charge is 0.331 e. The van der Waals surface area contributed by atoms with Crippen LogP contribution >= 0.6 is 11.5 Å². The quantitative estimate of drug-likeness (QED) is 0.583. The predicted molar refractivity (Wildman–Crippen MR) is 73.8 cm³/mol. The van der Waals surface area contributed by atoms with Crippen LogP contribution in [-0.2, 0) is 0 Å². The van der Waals surface area contributed by atoms with Crippen LogP contribution in [0.5, 0.6) is 0 Å². The summed E-state index contributed by atoms with van der Waals surface area (Å²) in [6.07, 6.45) is -0.101. The van der Waals surface area contributed by atoms with Crippen LogP contribution in [0.25, 0.3) is 0 Å². The molecule has 0 amide bonds. The van der Waals surface area contributed by atoms with Crippen molar-refractivity contribution < 1.29 is 0 Å². The molecule has 1 fully saturated rings. The molecule has 0 spiro atoms. The number of rotatable bonds is 2. The summed E-state index contributed by atoms with van der Waals surface area (Å²) in [7, 11) is 14.9. The molecule has 1 heterocycles. The fourth-order valence-corrected chi connectivity index (χ4v) is 2.86. The standard InChI is InChI=1S/C7H21B3ClN5/c1-12(2)9-14(5)8(11)15(6)10(13(3)4)16(9)7/h1-7H3. The molecule has 0 aromatic rings. The molecule has 1 rings (SSSR count). The van der Waals surface area contributed by atoms with Crippen molar-refractivity contribution in [3.05, 3.63) is 0 Å². The topological polar surface area (TPSA) is 16.2 Å². The van der Waals surface area contributed by atoms with E-state index in [-0.39, 0.29) is 20.6 Å². The minimum absolute atomic E-state index is 0.101. The highest BCUT2D eigenvalue weighted by molar-refractivity contribution is 7.10. The second kappa shape index (κ2) is 5.29. The van der Waals surface area contributed by atoms with Gasteiger partial charge in [0.2, 0.25) is 0 Å². The molecule has 0 aliphatic carbocycles. The molecule has 16 heavy (non-hydrogen) atoms. The lowest BCUT2D eigenvalue weighted by Gasteiger charge is -2.50. The number of halogens is 1. The molecule has 0 bridgehead atoms. The summed E-state index contributed by atoms with van der Waals surface area (Å²) < 4.78 is 6.57. The van der Waals surface area contributed by atoms with Crippen molar-refractivity contribution in [2.24, 2.45) is 0 Å². The first-order valence-electron chi connectivity index (χ1n) is 5.41. The predicted octanol–water partition coefficient (Wildman–Crippen LogP) is -0.888. The maximum atomic E-state index is 6.43. The van der Waals surface area contributed by atoms with Gasteiger partial charge in [0, 0.05) is 0 Å². The molecule has 9 heteroatoms. The van der Waals surface area contributed by atoms with Crippen molar-refractivity contribution in [2.75, 3.05) is 49.3 Å². The molecular formula is C7H21B3ClN5. The van der Waals surface area contributed by atoms with Gasteiger partial charge in [0.1, 0.15) is 0 Å². The van der Waals surface area contributed by atoms with Gasteiger partial charge in [-0.05, 0) is 49.3 Å². The van der Waals surface area contributed by atoms with Crippen LogP contribution in [0.15, 0.2) is 0 Å². The second-order valence-electron chi connectivity index (χ2n) is 4.93. The Morgan fingerprint density at radius 1 is 0.750 bits per heavy atom. The van der Waals surface area contributed by atoms with E-state index in [0.29, 0.717) is 0 Å². The van der Waals surface area contributed by atoms with Crippen molar-refractivity contribution in [3.8, 4) is 0 Å². The van der Waals surface area contributed by atoms with Crippen LogP contribution in [0.1, 0.15) is 0 Å². The van der Waals surface area contributed by atoms with E-state index in [1.807, 2.05) is 14.1 Å². The Labute approximate surface area is 106 Å². The number of hydrogen-bond acceptors (Lipinski definition) is 5. The van der Waals surface area contributed by atoms with Crippen LogP contribution in [0.4, 0.5) is 0 Å². The van der Waals surface area contributed by atoms with E-state index in [9.17, 15) is 0 Å². The van der Waals surface area contributed by atoms with Gasteiger partial charge in [0.05, 0.1) is 0 Å². The average Bonchev–Trinajstić information content (AvgIpc) is 2.13. The van der Waals surface area contributed by atoms with Gasteiger partial charge in [-0.25, -0.2) is 0 Å². The third-order valence-corrected chi connectivity index (χ3v) is 3.67. The maximum Gasteiger partial charge on any atom is 0.400 e. The molecule has 0 saturated carbocycles. The molecule has 5 nitrogen and oxygen atoms in total. The highest BCUT2D eigenvalue weighted by atomic mass is 35.5. The van der Waals surface area contributed by atoms with Crippen molar-refractivity contribution in [3.63, 3.8) is 0 Å². The van der Waals surface area contributed by atoms with E-state index in [1.54, 1.807) is 0 Å². The van der Waals surface area contributed by atoms with Gasteiger partial charge in [0.15, 0.2) is 0 Å². The Morgan fingerprint density at radius 2 is 1.06 bits per heavy atom. The van der Waals surface area contributed by atoms with Crippen molar-refractivity contribution in [2.45, 2.75) is 0 Å². The Balaban J connectivity index is 2.97. The van der Waals surface area contributed by atoms with Gasteiger partial charge < -0.3 is 23.8 Å².